The molecule has 1 rings (SSSR count). The van der Waals surface area contributed by atoms with Crippen molar-refractivity contribution >= 4 is 17.3 Å². The molecule has 0 spiro atoms. The van der Waals surface area contributed by atoms with Gasteiger partial charge < -0.3 is 20.7 Å². The molecule has 21 heavy (non-hydrogen) atoms. The van der Waals surface area contributed by atoms with Crippen LogP contribution >= 0.6 is 0 Å². The molecule has 0 aliphatic heterocycles. The number of anilines is 2. The largest absolute Gasteiger partial charge is 0.491 e. The Morgan fingerprint density at radius 2 is 2.00 bits per heavy atom. The highest BCUT2D eigenvalue weighted by molar-refractivity contribution is 5.77. The molecule has 118 valence electrons. The molecule has 0 aromatic heterocycles. The molecule has 0 aliphatic carbocycles. The van der Waals surface area contributed by atoms with Crippen LogP contribution in [-0.2, 0) is 4.79 Å². The van der Waals surface area contributed by atoms with E-state index in [0.29, 0.717) is 31.0 Å². The van der Waals surface area contributed by atoms with Gasteiger partial charge in [0.2, 0.25) is 5.91 Å². The van der Waals surface area contributed by atoms with Crippen molar-refractivity contribution < 1.29 is 9.53 Å². The average Bonchev–Trinajstić information content (AvgIpc) is 2.49. The smallest absolute Gasteiger partial charge is 0.224 e. The van der Waals surface area contributed by atoms with E-state index in [1.807, 2.05) is 36.9 Å². The average molecular weight is 293 g/mol. The number of rotatable bonds is 9. The SMILES string of the molecule is CCCOc1cccc(NCCC(=O)N(CC)CC)c1N. The predicted octanol–water partition coefficient (Wildman–Crippen LogP) is 2.73. The van der Waals surface area contributed by atoms with Crippen molar-refractivity contribution in [2.45, 2.75) is 33.6 Å². The molecule has 1 aromatic carbocycles. The fraction of sp³-hybridized carbons (Fsp3) is 0.562. The summed E-state index contributed by atoms with van der Waals surface area (Å²) in [6, 6.07) is 5.66. The number of hydrogen-bond donors (Lipinski definition) is 2. The van der Waals surface area contributed by atoms with Crippen molar-refractivity contribution in [3.05, 3.63) is 18.2 Å². The van der Waals surface area contributed by atoms with E-state index in [-0.39, 0.29) is 5.91 Å². The highest BCUT2D eigenvalue weighted by atomic mass is 16.5. The van der Waals surface area contributed by atoms with Crippen LogP contribution in [0.3, 0.4) is 0 Å². The summed E-state index contributed by atoms with van der Waals surface area (Å²) >= 11 is 0. The second kappa shape index (κ2) is 9.10. The molecule has 0 fully saturated rings. The van der Waals surface area contributed by atoms with Gasteiger partial charge in [-0.2, -0.15) is 0 Å². The lowest BCUT2D eigenvalue weighted by Crippen LogP contribution is -2.31. The molecular weight excluding hydrogens is 266 g/mol. The van der Waals surface area contributed by atoms with Crippen LogP contribution in [0.1, 0.15) is 33.6 Å². The van der Waals surface area contributed by atoms with Gasteiger partial charge in [-0.3, -0.25) is 4.79 Å². The standard InChI is InChI=1S/C16H27N3O2/c1-4-12-21-14-9-7-8-13(16(14)17)18-11-10-15(20)19(5-2)6-3/h7-9,18H,4-6,10-12,17H2,1-3H3. The van der Waals surface area contributed by atoms with Crippen LogP contribution in [0.5, 0.6) is 5.75 Å². The summed E-state index contributed by atoms with van der Waals surface area (Å²) < 4.78 is 5.59. The van der Waals surface area contributed by atoms with Gasteiger partial charge in [0.05, 0.1) is 18.0 Å². The Bertz CT molecular complexity index is 445. The van der Waals surface area contributed by atoms with E-state index in [4.69, 9.17) is 10.5 Å². The summed E-state index contributed by atoms with van der Waals surface area (Å²) in [5, 5.41) is 3.21. The lowest BCUT2D eigenvalue weighted by molar-refractivity contribution is -0.130. The maximum atomic E-state index is 11.9. The molecule has 0 radical (unpaired) electrons. The summed E-state index contributed by atoms with van der Waals surface area (Å²) in [6.45, 7) is 8.74. The number of amides is 1. The van der Waals surface area contributed by atoms with Crippen LogP contribution in [0.4, 0.5) is 11.4 Å². The number of nitrogen functional groups attached to an aromatic ring is 1. The minimum absolute atomic E-state index is 0.157. The Morgan fingerprint density at radius 1 is 1.29 bits per heavy atom. The number of carbonyl (C=O) groups excluding carboxylic acids is 1. The maximum absolute atomic E-state index is 11.9. The first-order valence-corrected chi connectivity index (χ1v) is 7.66. The van der Waals surface area contributed by atoms with Gasteiger partial charge in [0.15, 0.2) is 0 Å². The summed E-state index contributed by atoms with van der Waals surface area (Å²) in [7, 11) is 0. The molecule has 5 heteroatoms. The number of nitrogens with two attached hydrogens (primary N) is 1. The van der Waals surface area contributed by atoms with Crippen LogP contribution in [0, 0.1) is 0 Å². The maximum Gasteiger partial charge on any atom is 0.224 e. The number of carbonyl (C=O) groups is 1. The summed E-state index contributed by atoms with van der Waals surface area (Å²) in [4.78, 5) is 13.7. The molecule has 0 saturated heterocycles. The lowest BCUT2D eigenvalue weighted by Gasteiger charge is -2.19. The van der Waals surface area contributed by atoms with Gasteiger partial charge >= 0.3 is 0 Å². The molecule has 0 atom stereocenters. The summed E-state index contributed by atoms with van der Waals surface area (Å²) in [5.41, 5.74) is 7.48. The molecule has 5 nitrogen and oxygen atoms in total. The fourth-order valence-electron chi connectivity index (χ4n) is 2.07. The van der Waals surface area contributed by atoms with Crippen LogP contribution in [0.25, 0.3) is 0 Å². The molecule has 1 aromatic rings. The molecule has 0 unspecified atom stereocenters. The van der Waals surface area contributed by atoms with Crippen LogP contribution in [0.15, 0.2) is 18.2 Å². The van der Waals surface area contributed by atoms with Gasteiger partial charge in [-0.15, -0.1) is 0 Å². The van der Waals surface area contributed by atoms with E-state index < -0.39 is 0 Å². The van der Waals surface area contributed by atoms with Crippen molar-refractivity contribution in [3.8, 4) is 5.75 Å². The third kappa shape index (κ3) is 5.17. The van der Waals surface area contributed by atoms with Gasteiger partial charge in [-0.1, -0.05) is 13.0 Å². The van der Waals surface area contributed by atoms with Gasteiger partial charge in [0.25, 0.3) is 0 Å². The second-order valence-electron chi connectivity index (χ2n) is 4.81. The lowest BCUT2D eigenvalue weighted by atomic mass is 10.2. The predicted molar refractivity (Wildman–Crippen MR) is 87.7 cm³/mol. The van der Waals surface area contributed by atoms with Crippen molar-refractivity contribution in [2.75, 3.05) is 37.3 Å². The Kier molecular flexibility index (Phi) is 7.43. The van der Waals surface area contributed by atoms with E-state index in [2.05, 4.69) is 12.2 Å². The minimum atomic E-state index is 0.157. The van der Waals surface area contributed by atoms with E-state index in [1.165, 1.54) is 0 Å². The number of nitrogens with zero attached hydrogens (tertiary/aromatic N) is 1. The molecular formula is C16H27N3O2. The van der Waals surface area contributed by atoms with Crippen LogP contribution in [-0.4, -0.2) is 37.0 Å². The van der Waals surface area contributed by atoms with E-state index in [1.54, 1.807) is 0 Å². The quantitative estimate of drug-likeness (QED) is 0.687. The first-order valence-electron chi connectivity index (χ1n) is 7.66. The fourth-order valence-corrected chi connectivity index (χ4v) is 2.07. The zero-order valence-electron chi connectivity index (χ0n) is 13.3. The molecule has 0 bridgehead atoms. The Hall–Kier alpha value is -1.91. The third-order valence-corrected chi connectivity index (χ3v) is 3.30. The Morgan fingerprint density at radius 3 is 2.62 bits per heavy atom. The first kappa shape index (κ1) is 17.1. The molecule has 1 amide bonds. The van der Waals surface area contributed by atoms with Gasteiger partial charge in [-0.05, 0) is 32.4 Å². The molecule has 0 aliphatic rings. The van der Waals surface area contributed by atoms with Crippen LogP contribution in [0.2, 0.25) is 0 Å². The van der Waals surface area contributed by atoms with Crippen molar-refractivity contribution in [3.63, 3.8) is 0 Å². The molecule has 0 saturated carbocycles. The second-order valence-corrected chi connectivity index (χ2v) is 4.81. The number of benzene rings is 1. The van der Waals surface area contributed by atoms with Crippen molar-refractivity contribution in [1.82, 2.24) is 4.90 Å². The van der Waals surface area contributed by atoms with E-state index in [9.17, 15) is 4.79 Å². The minimum Gasteiger partial charge on any atom is -0.491 e. The number of ether oxygens (including phenoxy) is 1. The summed E-state index contributed by atoms with van der Waals surface area (Å²) in [6.07, 6.45) is 1.40. The zero-order valence-corrected chi connectivity index (χ0v) is 13.3. The number of nitrogens with one attached hydrogen (secondary N) is 1. The van der Waals surface area contributed by atoms with Crippen molar-refractivity contribution in [2.24, 2.45) is 0 Å². The van der Waals surface area contributed by atoms with Crippen molar-refractivity contribution in [1.29, 1.82) is 0 Å². The van der Waals surface area contributed by atoms with Gasteiger partial charge in [-0.25, -0.2) is 0 Å². The monoisotopic (exact) mass is 293 g/mol. The topological polar surface area (TPSA) is 67.6 Å². The third-order valence-electron chi connectivity index (χ3n) is 3.30. The number of para-hydroxylation sites is 1. The number of hydrogen-bond acceptors (Lipinski definition) is 4. The highest BCUT2D eigenvalue weighted by Crippen LogP contribution is 2.29. The first-order chi connectivity index (χ1) is 10.1. The van der Waals surface area contributed by atoms with E-state index in [0.717, 1.165) is 25.2 Å². The normalized spacial score (nSPS) is 10.2. The molecule has 3 N–H and O–H groups in total. The highest BCUT2D eigenvalue weighted by Gasteiger charge is 2.10. The van der Waals surface area contributed by atoms with Gasteiger partial charge in [0, 0.05) is 26.1 Å². The molecule has 0 heterocycles. The van der Waals surface area contributed by atoms with Gasteiger partial charge in [0.1, 0.15) is 5.75 Å². The zero-order chi connectivity index (χ0) is 15.7. The summed E-state index contributed by atoms with van der Waals surface area (Å²) in [5.74, 6) is 0.848. The van der Waals surface area contributed by atoms with Crippen LogP contribution < -0.4 is 15.8 Å². The van der Waals surface area contributed by atoms with E-state index >= 15 is 0 Å². The Labute approximate surface area is 127 Å². The Balaban J connectivity index is 2.54.